The lowest BCUT2D eigenvalue weighted by molar-refractivity contribution is 0.583. The van der Waals surface area contributed by atoms with E-state index in [0.29, 0.717) is 11.4 Å². The van der Waals surface area contributed by atoms with Crippen molar-refractivity contribution in [2.75, 3.05) is 9.80 Å². The number of rotatable bonds is 7. The molecule has 10 rings (SSSR count). The predicted octanol–water partition coefficient (Wildman–Crippen LogP) is 13.4. The average Bonchev–Trinajstić information content (AvgIpc) is 3.78. The van der Waals surface area contributed by atoms with Crippen molar-refractivity contribution < 1.29 is 8.83 Å². The summed E-state index contributed by atoms with van der Waals surface area (Å²) in [5.41, 5.74) is 9.06. The molecule has 6 nitrogen and oxygen atoms in total. The van der Waals surface area contributed by atoms with E-state index in [2.05, 4.69) is 179 Å². The van der Waals surface area contributed by atoms with Gasteiger partial charge >= 0.3 is 0 Å². The normalized spacial score (nSPS) is 12.0. The molecule has 258 valence electrons. The molecule has 0 unspecified atom stereocenters. The third-order valence-corrected chi connectivity index (χ3v) is 10.3. The maximum absolute atomic E-state index is 6.60. The molecule has 0 radical (unpaired) electrons. The number of pyridine rings is 2. The summed E-state index contributed by atoms with van der Waals surface area (Å²) in [5.74, 6) is 0.781. The van der Waals surface area contributed by atoms with Crippen LogP contribution in [-0.4, -0.2) is 9.97 Å². The third-order valence-electron chi connectivity index (χ3n) is 10.3. The Morgan fingerprint density at radius 1 is 0.500 bits per heavy atom. The molecule has 0 aliphatic rings. The number of hydrogen-bond donors (Lipinski definition) is 0. The first-order valence-electron chi connectivity index (χ1n) is 18.1. The molecule has 0 saturated carbocycles. The van der Waals surface area contributed by atoms with Gasteiger partial charge in [0.2, 0.25) is 11.4 Å². The molecule has 0 spiro atoms. The Bertz CT molecular complexity index is 2980. The van der Waals surface area contributed by atoms with Crippen molar-refractivity contribution in [2.24, 2.45) is 0 Å². The zero-order valence-corrected chi connectivity index (χ0v) is 29.8. The highest BCUT2D eigenvalue weighted by atomic mass is 16.3. The van der Waals surface area contributed by atoms with Gasteiger partial charge in [0.15, 0.2) is 11.3 Å². The van der Waals surface area contributed by atoms with Crippen LogP contribution in [-0.2, 0) is 0 Å². The zero-order valence-electron chi connectivity index (χ0n) is 29.8. The van der Waals surface area contributed by atoms with Crippen molar-refractivity contribution in [1.82, 2.24) is 9.97 Å². The number of allylic oxidation sites excluding steroid dienone is 1. The van der Waals surface area contributed by atoms with Crippen molar-refractivity contribution in [2.45, 2.75) is 13.8 Å². The van der Waals surface area contributed by atoms with Gasteiger partial charge in [-0.3, -0.25) is 0 Å². The smallest absolute Gasteiger partial charge is 0.227 e. The first-order valence-corrected chi connectivity index (χ1v) is 18.1. The van der Waals surface area contributed by atoms with Crippen LogP contribution in [0.3, 0.4) is 0 Å². The highest BCUT2D eigenvalue weighted by Gasteiger charge is 2.29. The third kappa shape index (κ3) is 4.88. The predicted molar refractivity (Wildman–Crippen MR) is 222 cm³/mol. The Morgan fingerprint density at radius 3 is 1.63 bits per heavy atom. The number of fused-ring (bicyclic) bond motifs is 6. The van der Waals surface area contributed by atoms with Gasteiger partial charge in [0.1, 0.15) is 0 Å². The Hall–Kier alpha value is -7.18. The lowest BCUT2D eigenvalue weighted by Gasteiger charge is -2.33. The largest absolute Gasteiger partial charge is 0.436 e. The van der Waals surface area contributed by atoms with Gasteiger partial charge in [-0.05, 0) is 68.4 Å². The minimum absolute atomic E-state index is 0.617. The number of nitrogens with zero attached hydrogens (tertiary/aromatic N) is 4. The van der Waals surface area contributed by atoms with E-state index >= 15 is 0 Å². The van der Waals surface area contributed by atoms with Crippen LogP contribution >= 0.6 is 0 Å². The van der Waals surface area contributed by atoms with Crippen LogP contribution in [0, 0.1) is 6.92 Å². The summed E-state index contributed by atoms with van der Waals surface area (Å²) in [5, 5.41) is 7.34. The van der Waals surface area contributed by atoms with Gasteiger partial charge in [0.05, 0.1) is 22.8 Å². The second-order valence-electron chi connectivity index (χ2n) is 13.3. The SMILES string of the molecule is C/C=C(\c1oc2ncccc2c1C)N(c1ccccc1)c1c2ccccc2c(N(c2ccccc2)c2cccc3c2oc2ncccc23)c2ccccc12. The first kappa shape index (κ1) is 31.5. The summed E-state index contributed by atoms with van der Waals surface area (Å²) < 4.78 is 13.2. The van der Waals surface area contributed by atoms with Crippen LogP contribution in [0.2, 0.25) is 0 Å². The molecule has 0 aliphatic heterocycles. The standard InChI is InChI=1S/C48H34N4O2/c1-3-41(45-31(2)34-26-15-29-49-47(34)53-45)51(32-17-6-4-7-18-32)43-35-21-10-12-23-37(35)44(38-24-13-11-22-36(38)43)52(33-19-8-5-9-20-33)42-28-14-25-39-40-27-16-30-50-48(40)54-46(39)42/h3-30H,1-2H3/b41-3+. The van der Waals surface area contributed by atoms with E-state index in [1.165, 1.54) is 0 Å². The highest BCUT2D eigenvalue weighted by molar-refractivity contribution is 6.25. The monoisotopic (exact) mass is 698 g/mol. The maximum atomic E-state index is 6.60. The summed E-state index contributed by atoms with van der Waals surface area (Å²) >= 11 is 0. The van der Waals surface area contributed by atoms with E-state index in [1.807, 2.05) is 12.1 Å². The molecule has 6 heteroatoms. The van der Waals surface area contributed by atoms with Crippen LogP contribution in [0.4, 0.5) is 28.4 Å². The summed E-state index contributed by atoms with van der Waals surface area (Å²) in [7, 11) is 0. The van der Waals surface area contributed by atoms with E-state index in [-0.39, 0.29) is 0 Å². The van der Waals surface area contributed by atoms with Crippen molar-refractivity contribution in [3.63, 3.8) is 0 Å². The van der Waals surface area contributed by atoms with Crippen molar-refractivity contribution in [1.29, 1.82) is 0 Å². The van der Waals surface area contributed by atoms with Crippen LogP contribution in [0.5, 0.6) is 0 Å². The van der Waals surface area contributed by atoms with Gasteiger partial charge in [0.25, 0.3) is 0 Å². The molecule has 10 aromatic rings. The molecule has 0 bridgehead atoms. The first-order chi connectivity index (χ1) is 26.7. The molecular weight excluding hydrogens is 665 g/mol. The van der Waals surface area contributed by atoms with Crippen LogP contribution in [0.1, 0.15) is 18.2 Å². The van der Waals surface area contributed by atoms with E-state index < -0.39 is 0 Å². The number of furan rings is 2. The highest BCUT2D eigenvalue weighted by Crippen LogP contribution is 2.52. The molecule has 0 saturated heterocycles. The zero-order chi connectivity index (χ0) is 36.2. The summed E-state index contributed by atoms with van der Waals surface area (Å²) in [4.78, 5) is 13.9. The number of anilines is 5. The Morgan fingerprint density at radius 2 is 1.02 bits per heavy atom. The number of benzene rings is 6. The Labute approximate surface area is 311 Å². The summed E-state index contributed by atoms with van der Waals surface area (Å²) in [6, 6.07) is 52.9. The lowest BCUT2D eigenvalue weighted by atomic mass is 9.95. The van der Waals surface area contributed by atoms with Crippen molar-refractivity contribution in [3.8, 4) is 0 Å². The average molecular weight is 699 g/mol. The molecule has 0 aliphatic carbocycles. The molecule has 0 amide bonds. The van der Waals surface area contributed by atoms with Gasteiger partial charge in [0, 0.05) is 67.0 Å². The van der Waals surface area contributed by atoms with Crippen molar-refractivity contribution >= 4 is 88.8 Å². The van der Waals surface area contributed by atoms with Crippen LogP contribution in [0.15, 0.2) is 179 Å². The quantitative estimate of drug-likeness (QED) is 0.122. The van der Waals surface area contributed by atoms with Gasteiger partial charge < -0.3 is 18.6 Å². The van der Waals surface area contributed by atoms with Crippen LogP contribution in [0.25, 0.3) is 60.4 Å². The van der Waals surface area contributed by atoms with E-state index in [4.69, 9.17) is 8.83 Å². The molecule has 0 N–H and O–H groups in total. The fraction of sp³-hybridized carbons (Fsp3) is 0.0417. The number of para-hydroxylation sites is 3. The number of hydrogen-bond acceptors (Lipinski definition) is 6. The molecule has 4 heterocycles. The number of aromatic nitrogens is 2. The topological polar surface area (TPSA) is 58.5 Å². The summed E-state index contributed by atoms with van der Waals surface area (Å²) in [6.45, 7) is 4.19. The van der Waals surface area contributed by atoms with E-state index in [0.717, 1.165) is 88.7 Å². The Balaban J connectivity index is 1.32. The maximum Gasteiger partial charge on any atom is 0.227 e. The fourth-order valence-corrected chi connectivity index (χ4v) is 7.95. The minimum Gasteiger partial charge on any atom is -0.436 e. The van der Waals surface area contributed by atoms with Crippen LogP contribution < -0.4 is 9.80 Å². The van der Waals surface area contributed by atoms with Gasteiger partial charge in [-0.2, -0.15) is 0 Å². The van der Waals surface area contributed by atoms with Gasteiger partial charge in [-0.25, -0.2) is 9.97 Å². The second-order valence-corrected chi connectivity index (χ2v) is 13.3. The summed E-state index contributed by atoms with van der Waals surface area (Å²) in [6.07, 6.45) is 5.70. The van der Waals surface area contributed by atoms with E-state index in [1.54, 1.807) is 12.4 Å². The molecule has 54 heavy (non-hydrogen) atoms. The molecule has 6 aromatic carbocycles. The molecule has 0 fully saturated rings. The molecule has 4 aromatic heterocycles. The van der Waals surface area contributed by atoms with Crippen molar-refractivity contribution in [3.05, 3.63) is 181 Å². The number of aryl methyl sites for hydroxylation is 1. The second kappa shape index (κ2) is 12.8. The molecular formula is C48H34N4O2. The van der Waals surface area contributed by atoms with Gasteiger partial charge in [-0.15, -0.1) is 0 Å². The Kier molecular flexibility index (Phi) is 7.47. The minimum atomic E-state index is 0.617. The van der Waals surface area contributed by atoms with E-state index in [9.17, 15) is 0 Å². The lowest BCUT2D eigenvalue weighted by Crippen LogP contribution is -2.18. The fourth-order valence-electron chi connectivity index (χ4n) is 7.95. The van der Waals surface area contributed by atoms with Gasteiger partial charge in [-0.1, -0.05) is 103 Å². The molecule has 0 atom stereocenters.